The van der Waals surface area contributed by atoms with Gasteiger partial charge in [-0.25, -0.2) is 0 Å². The first kappa shape index (κ1) is 8.82. The maximum Gasteiger partial charge on any atom is 0.0470 e. The molecule has 0 fully saturated rings. The molecular weight excluding hydrogens is 226 g/mol. The number of fused-ring (bicyclic) bond motifs is 1. The summed E-state index contributed by atoms with van der Waals surface area (Å²) < 4.78 is 1.13. The van der Waals surface area contributed by atoms with E-state index in [2.05, 4.69) is 53.0 Å². The summed E-state index contributed by atoms with van der Waals surface area (Å²) in [5, 5.41) is 1.33. The summed E-state index contributed by atoms with van der Waals surface area (Å²) in [5.41, 5.74) is 3.95. The molecule has 0 aliphatic heterocycles. The number of rotatable bonds is 1. The van der Waals surface area contributed by atoms with Crippen LogP contribution in [-0.4, -0.2) is 4.98 Å². The van der Waals surface area contributed by atoms with Crippen LogP contribution in [0.3, 0.4) is 0 Å². The van der Waals surface area contributed by atoms with Gasteiger partial charge >= 0.3 is 0 Å². The van der Waals surface area contributed by atoms with Crippen LogP contribution in [0.2, 0.25) is 0 Å². The minimum Gasteiger partial charge on any atom is -0.358 e. The zero-order chi connectivity index (χ0) is 9.42. The van der Waals surface area contributed by atoms with Crippen LogP contribution in [0.4, 0.5) is 0 Å². The second-order valence-corrected chi connectivity index (χ2v) is 4.19. The number of H-pyrrole nitrogens is 1. The minimum atomic E-state index is 1.07. The largest absolute Gasteiger partial charge is 0.358 e. The molecule has 1 aromatic heterocycles. The molecule has 13 heavy (non-hydrogen) atoms. The van der Waals surface area contributed by atoms with Crippen molar-refractivity contribution < 1.29 is 0 Å². The molecule has 1 aromatic carbocycles. The number of hydrogen-bond acceptors (Lipinski definition) is 0. The fourth-order valence-corrected chi connectivity index (χ4v) is 2.08. The highest BCUT2D eigenvalue weighted by atomic mass is 79.9. The molecule has 1 nitrogen and oxygen atoms in total. The number of aryl methyl sites for hydroxylation is 2. The van der Waals surface area contributed by atoms with E-state index in [1.807, 2.05) is 0 Å². The Morgan fingerprint density at radius 3 is 2.85 bits per heavy atom. The van der Waals surface area contributed by atoms with E-state index in [1.165, 1.54) is 22.2 Å². The third kappa shape index (κ3) is 1.39. The Morgan fingerprint density at radius 2 is 2.15 bits per heavy atom. The average Bonchev–Trinajstić information content (AvgIpc) is 2.42. The van der Waals surface area contributed by atoms with Crippen molar-refractivity contribution in [1.82, 2.24) is 4.98 Å². The summed E-state index contributed by atoms with van der Waals surface area (Å²) in [4.78, 5) is 3.42. The first-order valence-electron chi connectivity index (χ1n) is 4.49. The van der Waals surface area contributed by atoms with Crippen LogP contribution in [0.15, 0.2) is 22.7 Å². The molecule has 0 radical (unpaired) electrons. The first-order valence-corrected chi connectivity index (χ1v) is 5.28. The second-order valence-electron chi connectivity index (χ2n) is 3.27. The van der Waals surface area contributed by atoms with Crippen molar-refractivity contribution in [1.29, 1.82) is 0 Å². The lowest BCUT2D eigenvalue weighted by Crippen LogP contribution is -1.80. The molecule has 0 atom stereocenters. The van der Waals surface area contributed by atoms with Crippen LogP contribution in [0, 0.1) is 6.92 Å². The topological polar surface area (TPSA) is 15.8 Å². The van der Waals surface area contributed by atoms with E-state index in [0.29, 0.717) is 0 Å². The molecule has 68 valence electrons. The molecule has 0 amide bonds. The third-order valence-corrected chi connectivity index (χ3v) is 2.97. The Labute approximate surface area is 86.3 Å². The maximum atomic E-state index is 3.47. The number of nitrogens with one attached hydrogen (secondary N) is 1. The summed E-state index contributed by atoms with van der Waals surface area (Å²) >= 11 is 3.47. The van der Waals surface area contributed by atoms with E-state index in [4.69, 9.17) is 0 Å². The van der Waals surface area contributed by atoms with Gasteiger partial charge in [0.25, 0.3) is 0 Å². The highest BCUT2D eigenvalue weighted by molar-refractivity contribution is 9.10. The second kappa shape index (κ2) is 3.18. The Kier molecular flexibility index (Phi) is 2.16. The van der Waals surface area contributed by atoms with Gasteiger partial charge in [0.15, 0.2) is 0 Å². The van der Waals surface area contributed by atoms with Crippen molar-refractivity contribution in [3.05, 3.63) is 33.9 Å². The fourth-order valence-electron chi connectivity index (χ4n) is 1.72. The molecule has 2 rings (SSSR count). The Bertz CT molecular complexity index is 443. The van der Waals surface area contributed by atoms with Crippen molar-refractivity contribution in [2.45, 2.75) is 20.3 Å². The SMILES string of the molecule is CCc1[nH]c2cc(Br)ccc2c1C. The van der Waals surface area contributed by atoms with E-state index in [9.17, 15) is 0 Å². The maximum absolute atomic E-state index is 3.47. The van der Waals surface area contributed by atoms with Crippen molar-refractivity contribution in [2.75, 3.05) is 0 Å². The monoisotopic (exact) mass is 237 g/mol. The first-order chi connectivity index (χ1) is 6.22. The zero-order valence-electron chi connectivity index (χ0n) is 7.82. The lowest BCUT2D eigenvalue weighted by molar-refractivity contribution is 1.05. The average molecular weight is 238 g/mol. The van der Waals surface area contributed by atoms with Gasteiger partial charge in [0.2, 0.25) is 0 Å². The van der Waals surface area contributed by atoms with Crippen LogP contribution in [0.25, 0.3) is 10.9 Å². The molecule has 0 aliphatic carbocycles. The summed E-state index contributed by atoms with van der Waals surface area (Å²) in [5.74, 6) is 0. The molecule has 0 bridgehead atoms. The summed E-state index contributed by atoms with van der Waals surface area (Å²) in [6.45, 7) is 4.35. The van der Waals surface area contributed by atoms with Crippen LogP contribution in [0.5, 0.6) is 0 Å². The van der Waals surface area contributed by atoms with Crippen LogP contribution >= 0.6 is 15.9 Å². The Morgan fingerprint density at radius 1 is 1.38 bits per heavy atom. The van der Waals surface area contributed by atoms with Gasteiger partial charge in [-0.15, -0.1) is 0 Å². The van der Waals surface area contributed by atoms with Crippen molar-refractivity contribution in [2.24, 2.45) is 0 Å². The van der Waals surface area contributed by atoms with Gasteiger partial charge in [0.05, 0.1) is 0 Å². The summed E-state index contributed by atoms with van der Waals surface area (Å²) in [6.07, 6.45) is 1.07. The van der Waals surface area contributed by atoms with Crippen LogP contribution in [0.1, 0.15) is 18.2 Å². The molecule has 0 aliphatic rings. The van der Waals surface area contributed by atoms with Gasteiger partial charge in [-0.3, -0.25) is 0 Å². The molecule has 2 aromatic rings. The fraction of sp³-hybridized carbons (Fsp3) is 0.273. The minimum absolute atomic E-state index is 1.07. The normalized spacial score (nSPS) is 11.0. The van der Waals surface area contributed by atoms with E-state index >= 15 is 0 Å². The van der Waals surface area contributed by atoms with Gasteiger partial charge < -0.3 is 4.98 Å². The van der Waals surface area contributed by atoms with Crippen molar-refractivity contribution in [3.63, 3.8) is 0 Å². The van der Waals surface area contributed by atoms with Gasteiger partial charge in [-0.05, 0) is 31.0 Å². The number of aromatic amines is 1. The Balaban J connectivity index is 2.76. The Hall–Kier alpha value is -0.760. The molecule has 0 saturated heterocycles. The highest BCUT2D eigenvalue weighted by Gasteiger charge is 2.05. The number of benzene rings is 1. The molecule has 0 spiro atoms. The standard InChI is InChI=1S/C11H12BrN/c1-3-10-7(2)9-5-4-8(12)6-11(9)13-10/h4-6,13H,3H2,1-2H3. The molecule has 0 unspecified atom stereocenters. The van der Waals surface area contributed by atoms with Crippen molar-refractivity contribution in [3.8, 4) is 0 Å². The number of halogens is 1. The summed E-state index contributed by atoms with van der Waals surface area (Å²) in [7, 11) is 0. The lowest BCUT2D eigenvalue weighted by atomic mass is 10.1. The molecule has 0 saturated carbocycles. The van der Waals surface area contributed by atoms with Gasteiger partial charge in [-0.2, -0.15) is 0 Å². The smallest absolute Gasteiger partial charge is 0.0470 e. The molecular formula is C11H12BrN. The molecule has 2 heteroatoms. The van der Waals surface area contributed by atoms with Crippen LogP contribution in [-0.2, 0) is 6.42 Å². The third-order valence-electron chi connectivity index (χ3n) is 2.48. The van der Waals surface area contributed by atoms with Crippen LogP contribution < -0.4 is 0 Å². The van der Waals surface area contributed by atoms with E-state index in [-0.39, 0.29) is 0 Å². The van der Waals surface area contributed by atoms with E-state index in [1.54, 1.807) is 0 Å². The van der Waals surface area contributed by atoms with Gasteiger partial charge in [-0.1, -0.05) is 28.9 Å². The van der Waals surface area contributed by atoms with E-state index < -0.39 is 0 Å². The quantitative estimate of drug-likeness (QED) is 0.777. The van der Waals surface area contributed by atoms with E-state index in [0.717, 1.165) is 10.9 Å². The summed E-state index contributed by atoms with van der Waals surface area (Å²) in [6, 6.07) is 6.37. The van der Waals surface area contributed by atoms with Crippen molar-refractivity contribution >= 4 is 26.8 Å². The molecule has 1 N–H and O–H groups in total. The number of aromatic nitrogens is 1. The molecule has 1 heterocycles. The highest BCUT2D eigenvalue weighted by Crippen LogP contribution is 2.24. The van der Waals surface area contributed by atoms with Gasteiger partial charge in [0, 0.05) is 21.1 Å². The van der Waals surface area contributed by atoms with Gasteiger partial charge in [0.1, 0.15) is 0 Å². The predicted octanol–water partition coefficient (Wildman–Crippen LogP) is 3.80. The predicted molar refractivity (Wildman–Crippen MR) is 60.1 cm³/mol. The zero-order valence-corrected chi connectivity index (χ0v) is 9.40. The number of hydrogen-bond donors (Lipinski definition) is 1. The lowest BCUT2D eigenvalue weighted by Gasteiger charge is -1.92.